The molecule has 2 heteroatoms. The van der Waals surface area contributed by atoms with Gasteiger partial charge >= 0.3 is 0 Å². The minimum atomic E-state index is -0.428. The van der Waals surface area contributed by atoms with Crippen LogP contribution in [-0.4, -0.2) is 11.3 Å². The summed E-state index contributed by atoms with van der Waals surface area (Å²) in [7, 11) is -0.855. The van der Waals surface area contributed by atoms with Crippen molar-refractivity contribution in [3.63, 3.8) is 0 Å². The van der Waals surface area contributed by atoms with E-state index in [4.69, 9.17) is 0 Å². The molecule has 0 bridgehead atoms. The highest BCUT2D eigenvalue weighted by molar-refractivity contribution is 7.77. The van der Waals surface area contributed by atoms with Gasteiger partial charge in [-0.1, -0.05) is 135 Å². The van der Waals surface area contributed by atoms with Crippen molar-refractivity contribution in [1.29, 1.82) is 0 Å². The van der Waals surface area contributed by atoms with Crippen molar-refractivity contribution in [2.45, 2.75) is 25.2 Å². The van der Waals surface area contributed by atoms with E-state index < -0.39 is 15.8 Å². The highest BCUT2D eigenvalue weighted by Crippen LogP contribution is 2.64. The molecule has 0 heterocycles. The van der Waals surface area contributed by atoms with Crippen LogP contribution in [0, 0.1) is 11.8 Å². The molecule has 4 aromatic carbocycles. The Bertz CT molecular complexity index is 941. The molecule has 4 atom stereocenters. The first-order valence-electron chi connectivity index (χ1n) is 11.5. The molecule has 5 rings (SSSR count). The fourth-order valence-corrected chi connectivity index (χ4v) is 12.6. The van der Waals surface area contributed by atoms with E-state index in [-0.39, 0.29) is 0 Å². The molecule has 4 aromatic rings. The van der Waals surface area contributed by atoms with Crippen LogP contribution in [0.2, 0.25) is 0 Å². The van der Waals surface area contributed by atoms with E-state index in [9.17, 15) is 0 Å². The van der Waals surface area contributed by atoms with Crippen LogP contribution in [0.3, 0.4) is 0 Å². The number of benzene rings is 4. The van der Waals surface area contributed by atoms with Crippen LogP contribution in [0.15, 0.2) is 121 Å². The van der Waals surface area contributed by atoms with Gasteiger partial charge in [-0.15, -0.1) is 0 Å². The van der Waals surface area contributed by atoms with Gasteiger partial charge in [0.05, 0.1) is 0 Å². The zero-order valence-corrected chi connectivity index (χ0v) is 20.5. The predicted molar refractivity (Wildman–Crippen MR) is 144 cm³/mol. The van der Waals surface area contributed by atoms with Crippen LogP contribution in [0.25, 0.3) is 0 Å². The average molecular weight is 453 g/mol. The van der Waals surface area contributed by atoms with Gasteiger partial charge in [0, 0.05) is 0 Å². The minimum Gasteiger partial charge on any atom is -0.0622 e. The molecular weight excluding hydrogens is 422 g/mol. The lowest BCUT2D eigenvalue weighted by Gasteiger charge is -2.56. The summed E-state index contributed by atoms with van der Waals surface area (Å²) in [6.45, 7) is 4.99. The zero-order chi connectivity index (χ0) is 21.9. The Morgan fingerprint density at radius 3 is 0.812 bits per heavy atom. The second-order valence-corrected chi connectivity index (χ2v) is 13.5. The molecule has 1 aliphatic rings. The smallest absolute Gasteiger partial charge is 0.00240 e. The van der Waals surface area contributed by atoms with Crippen molar-refractivity contribution >= 4 is 37.1 Å². The van der Waals surface area contributed by atoms with Crippen molar-refractivity contribution in [3.8, 4) is 0 Å². The maximum Gasteiger partial charge on any atom is -0.00240 e. The summed E-state index contributed by atoms with van der Waals surface area (Å²) in [6, 6.07) is 45.2. The molecule has 1 fully saturated rings. The molecule has 160 valence electrons. The molecule has 0 nitrogen and oxygen atoms in total. The Morgan fingerprint density at radius 2 is 0.594 bits per heavy atom. The summed E-state index contributed by atoms with van der Waals surface area (Å²) >= 11 is 0. The maximum atomic E-state index is 2.50. The van der Waals surface area contributed by atoms with Crippen molar-refractivity contribution < 1.29 is 0 Å². The van der Waals surface area contributed by atoms with E-state index in [0.29, 0.717) is 23.2 Å². The Hall–Kier alpha value is -2.26. The van der Waals surface area contributed by atoms with Crippen LogP contribution in [0.1, 0.15) is 13.8 Å². The topological polar surface area (TPSA) is 0 Å². The van der Waals surface area contributed by atoms with Gasteiger partial charge in [-0.25, -0.2) is 0 Å². The molecule has 0 saturated heterocycles. The highest BCUT2D eigenvalue weighted by Gasteiger charge is 2.53. The lowest BCUT2D eigenvalue weighted by atomic mass is 9.75. The van der Waals surface area contributed by atoms with Gasteiger partial charge in [0.2, 0.25) is 0 Å². The number of hydrogen-bond donors (Lipinski definition) is 0. The van der Waals surface area contributed by atoms with Gasteiger partial charge in [0.25, 0.3) is 0 Å². The van der Waals surface area contributed by atoms with Gasteiger partial charge in [-0.05, 0) is 60.2 Å². The van der Waals surface area contributed by atoms with Crippen molar-refractivity contribution in [1.82, 2.24) is 0 Å². The molecule has 0 amide bonds. The van der Waals surface area contributed by atoms with Gasteiger partial charge in [0.15, 0.2) is 0 Å². The molecule has 1 aliphatic carbocycles. The quantitative estimate of drug-likeness (QED) is 0.302. The first kappa shape index (κ1) is 21.6. The van der Waals surface area contributed by atoms with E-state index in [0.717, 1.165) is 0 Å². The van der Waals surface area contributed by atoms with E-state index >= 15 is 0 Å². The fraction of sp³-hybridized carbons (Fsp3) is 0.200. The molecule has 0 radical (unpaired) electrons. The SMILES string of the molecule is C[C@@H]1C(P(c2ccccc2)c2ccccc2)C(P(c2ccccc2)c2ccccc2)[C@@H]1C. The highest BCUT2D eigenvalue weighted by atomic mass is 31.1. The fourth-order valence-electron chi connectivity index (χ4n) is 5.22. The summed E-state index contributed by atoms with van der Waals surface area (Å²) in [5, 5.41) is 6.05. The van der Waals surface area contributed by atoms with Crippen LogP contribution in [0.5, 0.6) is 0 Å². The van der Waals surface area contributed by atoms with Crippen molar-refractivity contribution in [2.24, 2.45) is 11.8 Å². The van der Waals surface area contributed by atoms with Gasteiger partial charge < -0.3 is 0 Å². The largest absolute Gasteiger partial charge is 0.0622 e. The molecule has 32 heavy (non-hydrogen) atoms. The molecular formula is C30H30P2. The Balaban J connectivity index is 1.63. The standard InChI is InChI=1S/C30H30P2/c1-23-24(2)30(32(27-19-11-5-12-20-27)28-21-13-6-14-22-28)29(23)31(25-15-7-3-8-16-25)26-17-9-4-10-18-26/h3-24,29-30H,1-2H3/t23-,24+,29?,30?. The van der Waals surface area contributed by atoms with Gasteiger partial charge in [-0.3, -0.25) is 0 Å². The lowest BCUT2D eigenvalue weighted by molar-refractivity contribution is 0.240. The van der Waals surface area contributed by atoms with E-state index in [1.54, 1.807) is 0 Å². The average Bonchev–Trinajstić information content (AvgIpc) is 2.88. The molecule has 0 N–H and O–H groups in total. The zero-order valence-electron chi connectivity index (χ0n) is 18.8. The third-order valence-electron chi connectivity index (χ3n) is 6.99. The summed E-state index contributed by atoms with van der Waals surface area (Å²) < 4.78 is 0. The maximum absolute atomic E-state index is 2.50. The first-order valence-corrected chi connectivity index (χ1v) is 14.4. The van der Waals surface area contributed by atoms with Crippen LogP contribution in [-0.2, 0) is 0 Å². The Labute approximate surface area is 195 Å². The van der Waals surface area contributed by atoms with E-state index in [1.807, 2.05) is 0 Å². The third kappa shape index (κ3) is 4.08. The van der Waals surface area contributed by atoms with E-state index in [1.165, 1.54) is 21.2 Å². The molecule has 0 aliphatic heterocycles. The van der Waals surface area contributed by atoms with Gasteiger partial charge in [0.1, 0.15) is 0 Å². The van der Waals surface area contributed by atoms with Gasteiger partial charge in [-0.2, -0.15) is 0 Å². The molecule has 0 spiro atoms. The number of rotatable bonds is 6. The lowest BCUT2D eigenvalue weighted by Crippen LogP contribution is -2.55. The van der Waals surface area contributed by atoms with Crippen LogP contribution in [0.4, 0.5) is 0 Å². The third-order valence-corrected chi connectivity index (χ3v) is 13.4. The predicted octanol–water partition coefficient (Wildman–Crippen LogP) is 6.28. The molecule has 2 unspecified atom stereocenters. The van der Waals surface area contributed by atoms with Crippen molar-refractivity contribution in [3.05, 3.63) is 121 Å². The first-order chi connectivity index (χ1) is 15.8. The summed E-state index contributed by atoms with van der Waals surface area (Å²) in [6.07, 6.45) is 0. The summed E-state index contributed by atoms with van der Waals surface area (Å²) in [5.41, 5.74) is 1.35. The second kappa shape index (κ2) is 9.70. The second-order valence-electron chi connectivity index (χ2n) is 8.78. The van der Waals surface area contributed by atoms with Crippen LogP contribution >= 0.6 is 15.8 Å². The van der Waals surface area contributed by atoms with E-state index in [2.05, 4.69) is 135 Å². The summed E-state index contributed by atoms with van der Waals surface area (Å²) in [4.78, 5) is 0. The Kier molecular flexibility index (Phi) is 6.54. The molecule has 0 aromatic heterocycles. The minimum absolute atomic E-state index is 0.428. The normalized spacial score (nSPS) is 22.6. The monoisotopic (exact) mass is 452 g/mol. The molecule has 1 saturated carbocycles. The summed E-state index contributed by atoms with van der Waals surface area (Å²) in [5.74, 6) is 1.42. The van der Waals surface area contributed by atoms with Crippen molar-refractivity contribution in [2.75, 3.05) is 0 Å². The number of hydrogen-bond acceptors (Lipinski definition) is 0. The van der Waals surface area contributed by atoms with Crippen LogP contribution < -0.4 is 21.2 Å². The Morgan fingerprint density at radius 1 is 0.375 bits per heavy atom.